The molecule has 2 fully saturated rings. The van der Waals surface area contributed by atoms with Crippen molar-refractivity contribution < 1.29 is 14.4 Å². The van der Waals surface area contributed by atoms with Gasteiger partial charge in [-0.2, -0.15) is 0 Å². The first kappa shape index (κ1) is 17.9. The standard InChI is InChI=1S/C17H20N8O3/c1-24-9-6-18-14(24)17(15(27)20-16(28)21-17)10-19-13(26)11-4-5-12(23-22-11)25-7-2-3-8-25/h4-6,9H,2-3,7-8,10H2,1H3,(H,19,26)(H2,20,21,27,28). The Morgan fingerprint density at radius 1 is 1.25 bits per heavy atom. The summed E-state index contributed by atoms with van der Waals surface area (Å²) in [5, 5.41) is 15.5. The third-order valence-corrected chi connectivity index (χ3v) is 4.97. The maximum Gasteiger partial charge on any atom is 0.322 e. The summed E-state index contributed by atoms with van der Waals surface area (Å²) in [6.07, 6.45) is 5.40. The van der Waals surface area contributed by atoms with Crippen molar-refractivity contribution in [2.45, 2.75) is 18.4 Å². The number of carbonyl (C=O) groups is 3. The van der Waals surface area contributed by atoms with Crippen molar-refractivity contribution in [1.82, 2.24) is 35.7 Å². The number of hydrogen-bond acceptors (Lipinski definition) is 7. The van der Waals surface area contributed by atoms with Crippen LogP contribution in [0.25, 0.3) is 0 Å². The Labute approximate surface area is 160 Å². The van der Waals surface area contributed by atoms with E-state index in [1.807, 2.05) is 0 Å². The fourth-order valence-corrected chi connectivity index (χ4v) is 3.49. The number of aromatic nitrogens is 4. The monoisotopic (exact) mass is 384 g/mol. The number of carbonyl (C=O) groups excluding carboxylic acids is 3. The highest BCUT2D eigenvalue weighted by atomic mass is 16.2. The zero-order valence-electron chi connectivity index (χ0n) is 15.3. The normalized spacial score (nSPS) is 21.5. The quantitative estimate of drug-likeness (QED) is 0.579. The molecule has 146 valence electrons. The Balaban J connectivity index is 1.50. The Morgan fingerprint density at radius 3 is 2.61 bits per heavy atom. The molecule has 2 aliphatic rings. The maximum atomic E-state index is 12.5. The van der Waals surface area contributed by atoms with Crippen LogP contribution in [-0.4, -0.2) is 57.2 Å². The van der Waals surface area contributed by atoms with Crippen LogP contribution in [0.5, 0.6) is 0 Å². The second-order valence-corrected chi connectivity index (χ2v) is 6.83. The fourth-order valence-electron chi connectivity index (χ4n) is 3.49. The minimum Gasteiger partial charge on any atom is -0.355 e. The second-order valence-electron chi connectivity index (χ2n) is 6.83. The highest BCUT2D eigenvalue weighted by Crippen LogP contribution is 2.23. The number of hydrogen-bond donors (Lipinski definition) is 3. The van der Waals surface area contributed by atoms with Crippen LogP contribution in [-0.2, 0) is 17.4 Å². The van der Waals surface area contributed by atoms with Crippen LogP contribution >= 0.6 is 0 Å². The molecule has 0 aliphatic carbocycles. The molecular formula is C17H20N8O3. The first-order valence-corrected chi connectivity index (χ1v) is 8.98. The molecule has 2 aromatic heterocycles. The summed E-state index contributed by atoms with van der Waals surface area (Å²) in [5.74, 6) is -0.0295. The highest BCUT2D eigenvalue weighted by molar-refractivity contribution is 6.07. The first-order chi connectivity index (χ1) is 13.5. The topological polar surface area (TPSA) is 134 Å². The minimum absolute atomic E-state index is 0.127. The Kier molecular flexibility index (Phi) is 4.41. The lowest BCUT2D eigenvalue weighted by Crippen LogP contribution is -2.54. The first-order valence-electron chi connectivity index (χ1n) is 8.98. The molecule has 1 atom stereocenters. The number of nitrogens with one attached hydrogen (secondary N) is 3. The van der Waals surface area contributed by atoms with E-state index in [0.29, 0.717) is 5.82 Å². The number of amides is 4. The van der Waals surface area contributed by atoms with Gasteiger partial charge < -0.3 is 20.1 Å². The minimum atomic E-state index is -1.49. The van der Waals surface area contributed by atoms with Gasteiger partial charge in [-0.1, -0.05) is 0 Å². The third-order valence-electron chi connectivity index (χ3n) is 4.97. The van der Waals surface area contributed by atoms with Crippen molar-refractivity contribution in [2.75, 3.05) is 24.5 Å². The fraction of sp³-hybridized carbons (Fsp3) is 0.412. The molecule has 0 spiro atoms. The van der Waals surface area contributed by atoms with Crippen molar-refractivity contribution in [1.29, 1.82) is 0 Å². The van der Waals surface area contributed by atoms with E-state index in [2.05, 4.69) is 36.0 Å². The van der Waals surface area contributed by atoms with Crippen molar-refractivity contribution in [3.8, 4) is 0 Å². The summed E-state index contributed by atoms with van der Waals surface area (Å²) in [7, 11) is 1.70. The van der Waals surface area contributed by atoms with E-state index < -0.39 is 23.4 Å². The molecule has 11 heteroatoms. The lowest BCUT2D eigenvalue weighted by molar-refractivity contribution is -0.124. The maximum absolute atomic E-state index is 12.5. The van der Waals surface area contributed by atoms with Crippen LogP contribution in [0.2, 0.25) is 0 Å². The molecule has 4 amide bonds. The van der Waals surface area contributed by atoms with Crippen LogP contribution in [0.3, 0.4) is 0 Å². The van der Waals surface area contributed by atoms with Gasteiger partial charge in [0.2, 0.25) is 0 Å². The van der Waals surface area contributed by atoms with E-state index in [4.69, 9.17) is 0 Å². The van der Waals surface area contributed by atoms with E-state index in [1.165, 1.54) is 6.20 Å². The second kappa shape index (κ2) is 6.91. The van der Waals surface area contributed by atoms with Gasteiger partial charge in [0, 0.05) is 32.5 Å². The molecule has 2 saturated heterocycles. The SMILES string of the molecule is Cn1ccnc1C1(CNC(=O)c2ccc(N3CCCC3)nn2)NC(=O)NC1=O. The number of imide groups is 1. The average molecular weight is 384 g/mol. The van der Waals surface area contributed by atoms with Crippen LogP contribution in [0.4, 0.5) is 10.6 Å². The van der Waals surface area contributed by atoms with Gasteiger partial charge in [0.1, 0.15) is 5.82 Å². The summed E-state index contributed by atoms with van der Waals surface area (Å²) in [6, 6.07) is 2.71. The molecule has 0 saturated carbocycles. The van der Waals surface area contributed by atoms with Gasteiger partial charge in [-0.3, -0.25) is 14.9 Å². The van der Waals surface area contributed by atoms with E-state index in [1.54, 1.807) is 29.9 Å². The molecule has 4 rings (SSSR count). The molecule has 2 aromatic rings. The van der Waals surface area contributed by atoms with Gasteiger partial charge in [-0.15, -0.1) is 10.2 Å². The van der Waals surface area contributed by atoms with Gasteiger partial charge in [0.15, 0.2) is 17.1 Å². The van der Waals surface area contributed by atoms with Gasteiger partial charge in [-0.05, 0) is 25.0 Å². The van der Waals surface area contributed by atoms with Crippen LogP contribution in [0, 0.1) is 0 Å². The summed E-state index contributed by atoms with van der Waals surface area (Å²) in [6.45, 7) is 1.69. The van der Waals surface area contributed by atoms with Gasteiger partial charge in [-0.25, -0.2) is 9.78 Å². The van der Waals surface area contributed by atoms with E-state index in [9.17, 15) is 14.4 Å². The number of anilines is 1. The van der Waals surface area contributed by atoms with Crippen molar-refractivity contribution in [2.24, 2.45) is 7.05 Å². The summed E-state index contributed by atoms with van der Waals surface area (Å²) in [4.78, 5) is 43.0. The van der Waals surface area contributed by atoms with Gasteiger partial charge >= 0.3 is 6.03 Å². The highest BCUT2D eigenvalue weighted by Gasteiger charge is 2.50. The van der Waals surface area contributed by atoms with E-state index >= 15 is 0 Å². The molecule has 0 aromatic carbocycles. The Morgan fingerprint density at radius 2 is 2.04 bits per heavy atom. The van der Waals surface area contributed by atoms with E-state index in [0.717, 1.165) is 31.7 Å². The number of urea groups is 1. The summed E-state index contributed by atoms with van der Waals surface area (Å²) < 4.78 is 1.61. The van der Waals surface area contributed by atoms with Crippen molar-refractivity contribution >= 4 is 23.7 Å². The molecule has 11 nitrogen and oxygen atoms in total. The molecule has 2 aliphatic heterocycles. The molecule has 4 heterocycles. The summed E-state index contributed by atoms with van der Waals surface area (Å²) >= 11 is 0. The lowest BCUT2D eigenvalue weighted by atomic mass is 9.98. The van der Waals surface area contributed by atoms with Crippen molar-refractivity contribution in [3.05, 3.63) is 36.0 Å². The Hall–Kier alpha value is -3.50. The molecule has 28 heavy (non-hydrogen) atoms. The van der Waals surface area contributed by atoms with Crippen LogP contribution in [0.1, 0.15) is 29.2 Å². The molecule has 1 unspecified atom stereocenters. The van der Waals surface area contributed by atoms with Crippen LogP contribution < -0.4 is 20.9 Å². The zero-order chi connectivity index (χ0) is 19.7. The number of imidazole rings is 1. The Bertz CT molecular complexity index is 919. The number of aryl methyl sites for hydroxylation is 1. The molecule has 0 bridgehead atoms. The predicted molar refractivity (Wildman–Crippen MR) is 97.4 cm³/mol. The van der Waals surface area contributed by atoms with E-state index in [-0.39, 0.29) is 12.2 Å². The molecule has 0 radical (unpaired) electrons. The smallest absolute Gasteiger partial charge is 0.322 e. The van der Waals surface area contributed by atoms with Gasteiger partial charge in [0.25, 0.3) is 11.8 Å². The lowest BCUT2D eigenvalue weighted by Gasteiger charge is -2.25. The number of rotatable bonds is 5. The number of nitrogens with zero attached hydrogens (tertiary/aromatic N) is 5. The molecular weight excluding hydrogens is 364 g/mol. The summed E-state index contributed by atoms with van der Waals surface area (Å²) in [5.41, 5.74) is -1.36. The van der Waals surface area contributed by atoms with Crippen LogP contribution in [0.15, 0.2) is 24.5 Å². The average Bonchev–Trinajstić information content (AvgIpc) is 3.41. The molecule has 3 N–H and O–H groups in total. The largest absolute Gasteiger partial charge is 0.355 e. The zero-order valence-corrected chi connectivity index (χ0v) is 15.3. The van der Waals surface area contributed by atoms with Gasteiger partial charge in [0.05, 0.1) is 6.54 Å². The third kappa shape index (κ3) is 3.04. The predicted octanol–water partition coefficient (Wildman–Crippen LogP) is -0.725. The van der Waals surface area contributed by atoms with Crippen molar-refractivity contribution in [3.63, 3.8) is 0 Å².